The molecule has 33 heavy (non-hydrogen) atoms. The average molecular weight is 437 g/mol. The second-order valence-electron chi connectivity index (χ2n) is 8.30. The standard InChI is InChI=1S/C27H24N4O2/c1-18-15-16-31-23(17-18)29-25(20-5-3-2-4-6-20)26(31)30-24(32)14-9-19-7-10-21(11-8-19)27(33)28-22-12-13-22/h2-11,14-17,22H,12-13H2,1H3,(H,28,33)(H,30,32)/b14-9+. The highest BCUT2D eigenvalue weighted by molar-refractivity contribution is 6.03. The molecule has 6 nitrogen and oxygen atoms in total. The van der Waals surface area contributed by atoms with E-state index in [0.29, 0.717) is 23.1 Å². The Morgan fingerprint density at radius 1 is 1.03 bits per heavy atom. The first kappa shape index (κ1) is 20.7. The van der Waals surface area contributed by atoms with E-state index in [-0.39, 0.29) is 11.8 Å². The number of pyridine rings is 1. The van der Waals surface area contributed by atoms with Crippen LogP contribution in [0.2, 0.25) is 0 Å². The molecule has 2 N–H and O–H groups in total. The molecule has 0 radical (unpaired) electrons. The van der Waals surface area contributed by atoms with E-state index in [4.69, 9.17) is 4.98 Å². The van der Waals surface area contributed by atoms with E-state index < -0.39 is 0 Å². The number of nitrogens with zero attached hydrogens (tertiary/aromatic N) is 2. The predicted octanol–water partition coefficient (Wildman–Crippen LogP) is 4.85. The van der Waals surface area contributed by atoms with Crippen LogP contribution in [0.5, 0.6) is 0 Å². The second kappa shape index (κ2) is 8.74. The van der Waals surface area contributed by atoms with Gasteiger partial charge in [-0.2, -0.15) is 0 Å². The summed E-state index contributed by atoms with van der Waals surface area (Å²) in [5, 5.41) is 5.96. The van der Waals surface area contributed by atoms with Gasteiger partial charge in [-0.25, -0.2) is 4.98 Å². The van der Waals surface area contributed by atoms with Crippen LogP contribution in [0.3, 0.4) is 0 Å². The molecule has 0 atom stereocenters. The molecule has 1 aliphatic rings. The number of aryl methyl sites for hydroxylation is 1. The molecule has 1 saturated carbocycles. The molecule has 2 aromatic heterocycles. The van der Waals surface area contributed by atoms with Crippen LogP contribution in [0.1, 0.15) is 34.3 Å². The highest BCUT2D eigenvalue weighted by atomic mass is 16.2. The van der Waals surface area contributed by atoms with Crippen molar-refractivity contribution in [2.24, 2.45) is 0 Å². The second-order valence-corrected chi connectivity index (χ2v) is 8.30. The van der Waals surface area contributed by atoms with Gasteiger partial charge in [0.15, 0.2) is 0 Å². The van der Waals surface area contributed by atoms with Crippen molar-refractivity contribution in [2.45, 2.75) is 25.8 Å². The minimum atomic E-state index is -0.259. The molecule has 6 heteroatoms. The van der Waals surface area contributed by atoms with Gasteiger partial charge in [-0.05, 0) is 61.2 Å². The molecule has 164 valence electrons. The maximum atomic E-state index is 12.8. The lowest BCUT2D eigenvalue weighted by Crippen LogP contribution is -2.25. The monoisotopic (exact) mass is 436 g/mol. The third-order valence-electron chi connectivity index (χ3n) is 5.58. The first-order valence-corrected chi connectivity index (χ1v) is 11.0. The van der Waals surface area contributed by atoms with Crippen molar-refractivity contribution in [1.29, 1.82) is 0 Å². The molecule has 0 saturated heterocycles. The quantitative estimate of drug-likeness (QED) is 0.424. The molecule has 1 fully saturated rings. The number of hydrogen-bond acceptors (Lipinski definition) is 3. The van der Waals surface area contributed by atoms with E-state index in [0.717, 1.165) is 35.2 Å². The molecule has 1 aliphatic carbocycles. The van der Waals surface area contributed by atoms with E-state index in [1.807, 2.05) is 72.1 Å². The molecule has 4 aromatic rings. The first-order chi connectivity index (χ1) is 16.1. The highest BCUT2D eigenvalue weighted by Gasteiger charge is 2.23. The van der Waals surface area contributed by atoms with Crippen molar-refractivity contribution < 1.29 is 9.59 Å². The lowest BCUT2D eigenvalue weighted by Gasteiger charge is -2.06. The fourth-order valence-corrected chi connectivity index (χ4v) is 3.64. The topological polar surface area (TPSA) is 75.5 Å². The Kier molecular flexibility index (Phi) is 5.48. The zero-order chi connectivity index (χ0) is 22.8. The van der Waals surface area contributed by atoms with Gasteiger partial charge in [-0.15, -0.1) is 0 Å². The fourth-order valence-electron chi connectivity index (χ4n) is 3.64. The first-order valence-electron chi connectivity index (χ1n) is 11.0. The van der Waals surface area contributed by atoms with Crippen molar-refractivity contribution in [2.75, 3.05) is 5.32 Å². The van der Waals surface area contributed by atoms with E-state index in [2.05, 4.69) is 10.6 Å². The van der Waals surface area contributed by atoms with Crippen molar-refractivity contribution in [3.8, 4) is 11.3 Å². The number of benzene rings is 2. The summed E-state index contributed by atoms with van der Waals surface area (Å²) in [4.78, 5) is 29.7. The molecule has 2 amide bonds. The third kappa shape index (κ3) is 4.70. The van der Waals surface area contributed by atoms with E-state index in [1.165, 1.54) is 6.08 Å². The summed E-state index contributed by atoms with van der Waals surface area (Å²) in [6.07, 6.45) is 7.24. The fraction of sp³-hybridized carbons (Fsp3) is 0.148. The highest BCUT2D eigenvalue weighted by Crippen LogP contribution is 2.29. The maximum absolute atomic E-state index is 12.8. The Morgan fingerprint density at radius 3 is 2.52 bits per heavy atom. The molecule has 5 rings (SSSR count). The Hall–Kier alpha value is -4.19. The van der Waals surface area contributed by atoms with E-state index in [9.17, 15) is 9.59 Å². The summed E-state index contributed by atoms with van der Waals surface area (Å²) in [5.74, 6) is 0.310. The lowest BCUT2D eigenvalue weighted by molar-refractivity contribution is -0.111. The van der Waals surface area contributed by atoms with Crippen LogP contribution < -0.4 is 10.6 Å². The molecule has 0 unspecified atom stereocenters. The zero-order valence-electron chi connectivity index (χ0n) is 18.3. The number of hydrogen-bond donors (Lipinski definition) is 2. The minimum absolute atomic E-state index is 0.0536. The van der Waals surface area contributed by atoms with Gasteiger partial charge in [0.05, 0.1) is 0 Å². The zero-order valence-corrected chi connectivity index (χ0v) is 18.3. The van der Waals surface area contributed by atoms with Crippen LogP contribution in [0, 0.1) is 6.92 Å². The summed E-state index contributed by atoms with van der Waals surface area (Å²) < 4.78 is 1.88. The van der Waals surface area contributed by atoms with Crippen LogP contribution in [0.25, 0.3) is 23.0 Å². The number of amides is 2. The summed E-state index contributed by atoms with van der Waals surface area (Å²) in [6.45, 7) is 2.01. The van der Waals surface area contributed by atoms with Gasteiger partial charge < -0.3 is 10.6 Å². The Balaban J connectivity index is 1.35. The van der Waals surface area contributed by atoms with Crippen LogP contribution >= 0.6 is 0 Å². The van der Waals surface area contributed by atoms with Crippen LogP contribution in [-0.4, -0.2) is 27.2 Å². The van der Waals surface area contributed by atoms with E-state index in [1.54, 1.807) is 18.2 Å². The Labute approximate surface area is 192 Å². The summed E-state index contributed by atoms with van der Waals surface area (Å²) in [7, 11) is 0. The third-order valence-corrected chi connectivity index (χ3v) is 5.58. The van der Waals surface area contributed by atoms with Crippen LogP contribution in [0.15, 0.2) is 79.0 Å². The van der Waals surface area contributed by atoms with E-state index >= 15 is 0 Å². The number of fused-ring (bicyclic) bond motifs is 1. The van der Waals surface area contributed by atoms with Gasteiger partial charge >= 0.3 is 0 Å². The molecule has 0 aliphatic heterocycles. The SMILES string of the molecule is Cc1ccn2c(NC(=O)/C=C/c3ccc(C(=O)NC4CC4)cc3)c(-c3ccccc3)nc2c1. The number of rotatable bonds is 6. The molecule has 0 spiro atoms. The smallest absolute Gasteiger partial charge is 0.251 e. The number of aromatic nitrogens is 2. The maximum Gasteiger partial charge on any atom is 0.251 e. The van der Waals surface area contributed by atoms with Gasteiger partial charge in [0, 0.05) is 29.4 Å². The number of imidazole rings is 1. The summed E-state index contributed by atoms with van der Waals surface area (Å²) in [5.41, 5.74) is 4.97. The minimum Gasteiger partial charge on any atom is -0.349 e. The average Bonchev–Trinajstić information content (AvgIpc) is 3.58. The Morgan fingerprint density at radius 2 is 1.79 bits per heavy atom. The molecular weight excluding hydrogens is 412 g/mol. The summed E-state index contributed by atoms with van der Waals surface area (Å²) in [6, 6.07) is 21.3. The van der Waals surface area contributed by atoms with Crippen LogP contribution in [0.4, 0.5) is 5.82 Å². The van der Waals surface area contributed by atoms with Gasteiger partial charge in [0.1, 0.15) is 17.2 Å². The summed E-state index contributed by atoms with van der Waals surface area (Å²) >= 11 is 0. The van der Waals surface area contributed by atoms with Crippen LogP contribution in [-0.2, 0) is 4.79 Å². The van der Waals surface area contributed by atoms with Crippen molar-refractivity contribution >= 4 is 29.4 Å². The predicted molar refractivity (Wildman–Crippen MR) is 130 cm³/mol. The number of anilines is 1. The number of carbonyl (C=O) groups is 2. The lowest BCUT2D eigenvalue weighted by atomic mass is 10.1. The molecule has 0 bridgehead atoms. The largest absolute Gasteiger partial charge is 0.349 e. The van der Waals surface area contributed by atoms with Crippen molar-refractivity contribution in [3.05, 3.63) is 95.7 Å². The molecule has 2 aromatic carbocycles. The van der Waals surface area contributed by atoms with Gasteiger partial charge in [-0.1, -0.05) is 42.5 Å². The Bertz CT molecular complexity index is 1350. The van der Waals surface area contributed by atoms with Crippen molar-refractivity contribution in [1.82, 2.24) is 14.7 Å². The molecular formula is C27H24N4O2. The van der Waals surface area contributed by atoms with Gasteiger partial charge in [-0.3, -0.25) is 14.0 Å². The number of carbonyl (C=O) groups excluding carboxylic acids is 2. The van der Waals surface area contributed by atoms with Gasteiger partial charge in [0.2, 0.25) is 5.91 Å². The molecule has 2 heterocycles. The van der Waals surface area contributed by atoms with Crippen molar-refractivity contribution in [3.63, 3.8) is 0 Å². The van der Waals surface area contributed by atoms with Gasteiger partial charge in [0.25, 0.3) is 5.91 Å². The number of nitrogens with one attached hydrogen (secondary N) is 2. The normalized spacial score (nSPS) is 13.4.